The first-order valence-corrected chi connectivity index (χ1v) is 12.5. The molecule has 0 bridgehead atoms. The van der Waals surface area contributed by atoms with Crippen LogP contribution in [0.3, 0.4) is 0 Å². The lowest BCUT2D eigenvalue weighted by atomic mass is 9.92. The number of fused-ring (bicyclic) bond motifs is 1. The summed E-state index contributed by atoms with van der Waals surface area (Å²) in [6, 6.07) is 6.33. The molecule has 2 aromatic heterocycles. The summed E-state index contributed by atoms with van der Waals surface area (Å²) in [4.78, 5) is 14.0. The quantitative estimate of drug-likeness (QED) is 0.351. The predicted octanol–water partition coefficient (Wildman–Crippen LogP) is 5.67. The Morgan fingerprint density at radius 1 is 1.03 bits per heavy atom. The number of nitrogens with zero attached hydrogens (tertiary/aromatic N) is 4. The van der Waals surface area contributed by atoms with Gasteiger partial charge in [0.15, 0.2) is 17.0 Å². The fourth-order valence-corrected chi connectivity index (χ4v) is 5.60. The van der Waals surface area contributed by atoms with Crippen LogP contribution in [0.25, 0.3) is 11.2 Å². The highest BCUT2D eigenvalue weighted by Crippen LogP contribution is 2.33. The predicted molar refractivity (Wildman–Crippen MR) is 141 cm³/mol. The minimum absolute atomic E-state index is 0. The molecule has 8 nitrogen and oxygen atoms in total. The van der Waals surface area contributed by atoms with Gasteiger partial charge in [0, 0.05) is 29.6 Å². The van der Waals surface area contributed by atoms with Gasteiger partial charge in [0.1, 0.15) is 5.75 Å². The number of anilines is 3. The number of rotatable bonds is 6. The van der Waals surface area contributed by atoms with E-state index in [-0.39, 0.29) is 42.6 Å². The molecule has 2 fully saturated rings. The molecule has 1 aromatic carbocycles. The van der Waals surface area contributed by atoms with E-state index in [4.69, 9.17) is 10.7 Å². The van der Waals surface area contributed by atoms with E-state index >= 15 is 0 Å². The Bertz CT molecular complexity index is 1140. The van der Waals surface area contributed by atoms with Crippen molar-refractivity contribution in [1.82, 2.24) is 19.5 Å². The van der Waals surface area contributed by atoms with E-state index in [2.05, 4.69) is 29.9 Å². The first-order chi connectivity index (χ1) is 16.3. The Morgan fingerprint density at radius 2 is 1.75 bits per heavy atom. The first kappa shape index (κ1) is 28.4. The van der Waals surface area contributed by atoms with Gasteiger partial charge in [-0.3, -0.25) is 0 Å². The maximum atomic E-state index is 12.5. The molecule has 2 aliphatic rings. The zero-order valence-electron chi connectivity index (χ0n) is 19.2. The van der Waals surface area contributed by atoms with Crippen molar-refractivity contribution < 1.29 is 17.9 Å². The summed E-state index contributed by atoms with van der Waals surface area (Å²) in [7, 11) is 0. The summed E-state index contributed by atoms with van der Waals surface area (Å²) in [6.45, 7) is 0. The van der Waals surface area contributed by atoms with Crippen LogP contribution in [-0.2, 0) is 0 Å². The number of hydrogen-bond donors (Lipinski definition) is 3. The van der Waals surface area contributed by atoms with E-state index in [1.165, 1.54) is 24.3 Å². The second kappa shape index (κ2) is 11.9. The van der Waals surface area contributed by atoms with Crippen LogP contribution in [0.5, 0.6) is 5.75 Å². The molecule has 198 valence electrons. The monoisotopic (exact) mass is 565 g/mol. The number of benzene rings is 1. The molecule has 0 radical (unpaired) electrons. The number of imidazole rings is 1. The molecule has 0 spiro atoms. The highest BCUT2D eigenvalue weighted by Gasteiger charge is 2.31. The van der Waals surface area contributed by atoms with E-state index < -0.39 is 6.36 Å². The fraction of sp³-hybridized carbons (Fsp3) is 0.500. The number of thioether (sulfide) groups is 1. The summed E-state index contributed by atoms with van der Waals surface area (Å²) in [6.07, 6.45) is 1.92. The maximum Gasteiger partial charge on any atom is 0.573 e. The number of nitrogens with two attached hydrogens (primary N) is 1. The van der Waals surface area contributed by atoms with Crippen LogP contribution in [0.15, 0.2) is 30.6 Å². The first-order valence-electron chi connectivity index (χ1n) is 11.3. The SMILES string of the molecule is Cl.Cl.NC1CCC(Nc2nc(Nc3ccc(OC(F)(F)F)cc3)c3ncn(C4CCSC4)c3n2)CC1. The Kier molecular flexibility index (Phi) is 9.42. The van der Waals surface area contributed by atoms with Crippen LogP contribution in [-0.4, -0.2) is 49.5 Å². The molecular formula is C22H28Cl2F3N7OS. The van der Waals surface area contributed by atoms with Crippen molar-refractivity contribution in [3.8, 4) is 5.75 Å². The Hall–Kier alpha value is -2.15. The van der Waals surface area contributed by atoms with Crippen LogP contribution in [0, 0.1) is 0 Å². The van der Waals surface area contributed by atoms with Crippen LogP contribution >= 0.6 is 36.6 Å². The molecule has 3 heterocycles. The molecule has 1 aliphatic heterocycles. The van der Waals surface area contributed by atoms with Crippen molar-refractivity contribution in [3.63, 3.8) is 0 Å². The zero-order valence-corrected chi connectivity index (χ0v) is 21.7. The Morgan fingerprint density at radius 3 is 2.39 bits per heavy atom. The summed E-state index contributed by atoms with van der Waals surface area (Å²) in [5.74, 6) is 2.81. The van der Waals surface area contributed by atoms with Gasteiger partial charge in [0.25, 0.3) is 0 Å². The second-order valence-corrected chi connectivity index (χ2v) is 9.84. The molecule has 1 unspecified atom stereocenters. The van der Waals surface area contributed by atoms with Crippen molar-refractivity contribution in [1.29, 1.82) is 0 Å². The van der Waals surface area contributed by atoms with Gasteiger partial charge < -0.3 is 25.7 Å². The second-order valence-electron chi connectivity index (χ2n) is 8.69. The zero-order chi connectivity index (χ0) is 23.7. The number of alkyl halides is 3. The fourth-order valence-electron chi connectivity index (χ4n) is 4.40. The van der Waals surface area contributed by atoms with Gasteiger partial charge >= 0.3 is 6.36 Å². The molecule has 1 saturated carbocycles. The van der Waals surface area contributed by atoms with E-state index in [1.807, 2.05) is 11.8 Å². The molecule has 1 saturated heterocycles. The van der Waals surface area contributed by atoms with E-state index in [1.54, 1.807) is 6.33 Å². The number of hydrogen-bond acceptors (Lipinski definition) is 8. The lowest BCUT2D eigenvalue weighted by molar-refractivity contribution is -0.274. The summed E-state index contributed by atoms with van der Waals surface area (Å²) >= 11 is 1.91. The molecule has 36 heavy (non-hydrogen) atoms. The highest BCUT2D eigenvalue weighted by molar-refractivity contribution is 7.99. The lowest BCUT2D eigenvalue weighted by Gasteiger charge is -2.27. The average molecular weight is 566 g/mol. The minimum atomic E-state index is -4.73. The third kappa shape index (κ3) is 6.78. The van der Waals surface area contributed by atoms with Gasteiger partial charge in [0.05, 0.1) is 6.33 Å². The largest absolute Gasteiger partial charge is 0.573 e. The van der Waals surface area contributed by atoms with Gasteiger partial charge in [0.2, 0.25) is 5.95 Å². The van der Waals surface area contributed by atoms with Gasteiger partial charge in [-0.1, -0.05) is 0 Å². The summed E-state index contributed by atoms with van der Waals surface area (Å²) < 4.78 is 43.5. The summed E-state index contributed by atoms with van der Waals surface area (Å²) in [5.41, 5.74) is 7.95. The van der Waals surface area contributed by atoms with Gasteiger partial charge in [-0.2, -0.15) is 21.7 Å². The maximum absolute atomic E-state index is 12.5. The van der Waals surface area contributed by atoms with Crippen LogP contribution in [0.2, 0.25) is 0 Å². The van der Waals surface area contributed by atoms with Gasteiger partial charge in [-0.25, -0.2) is 4.98 Å². The molecule has 5 rings (SSSR count). The molecule has 14 heteroatoms. The third-order valence-corrected chi connectivity index (χ3v) is 7.32. The van der Waals surface area contributed by atoms with Crippen LogP contribution < -0.4 is 21.1 Å². The normalized spacial score (nSPS) is 21.9. The molecule has 0 amide bonds. The lowest BCUT2D eigenvalue weighted by Crippen LogP contribution is -2.33. The average Bonchev–Trinajstić information content (AvgIpc) is 3.46. The molecule has 3 aromatic rings. The van der Waals surface area contributed by atoms with Crippen molar-refractivity contribution in [2.24, 2.45) is 5.73 Å². The smallest absolute Gasteiger partial charge is 0.406 e. The van der Waals surface area contributed by atoms with Crippen molar-refractivity contribution in [3.05, 3.63) is 30.6 Å². The van der Waals surface area contributed by atoms with Crippen LogP contribution in [0.4, 0.5) is 30.6 Å². The summed E-state index contributed by atoms with van der Waals surface area (Å²) in [5, 5.41) is 6.65. The molecule has 4 N–H and O–H groups in total. The molecule has 1 atom stereocenters. The number of ether oxygens (including phenoxy) is 1. The van der Waals surface area contributed by atoms with Crippen molar-refractivity contribution in [2.45, 2.75) is 56.6 Å². The van der Waals surface area contributed by atoms with Crippen LogP contribution in [0.1, 0.15) is 38.1 Å². The topological polar surface area (TPSA) is 103 Å². The number of nitrogens with one attached hydrogen (secondary N) is 2. The number of aromatic nitrogens is 4. The molecular weight excluding hydrogens is 538 g/mol. The Labute approximate surface area is 223 Å². The van der Waals surface area contributed by atoms with Gasteiger partial charge in [-0.05, 0) is 62.1 Å². The van der Waals surface area contributed by atoms with E-state index in [9.17, 15) is 13.2 Å². The van der Waals surface area contributed by atoms with E-state index in [0.717, 1.165) is 49.3 Å². The number of halogens is 5. The molecule has 1 aliphatic carbocycles. The minimum Gasteiger partial charge on any atom is -0.406 e. The standard InChI is InChI=1S/C22H26F3N7OS.2ClH/c23-22(24,25)33-17-7-5-14(6-8-17)28-19-18-20(32(12-27-18)16-9-10-34-11-16)31-21(30-19)29-15-3-1-13(26)2-4-15;;/h5-8,12-13,15-16H,1-4,9-11,26H2,(H2,28,29,30,31);2*1H. The highest BCUT2D eigenvalue weighted by atomic mass is 35.5. The van der Waals surface area contributed by atoms with Crippen molar-refractivity contribution in [2.75, 3.05) is 22.1 Å². The van der Waals surface area contributed by atoms with E-state index in [0.29, 0.717) is 29.0 Å². The Balaban J connectivity index is 0.00000180. The van der Waals surface area contributed by atoms with Gasteiger partial charge in [-0.15, -0.1) is 38.0 Å². The van der Waals surface area contributed by atoms with Crippen molar-refractivity contribution >= 4 is 65.2 Å². The third-order valence-electron chi connectivity index (χ3n) is 6.18.